The highest BCUT2D eigenvalue weighted by Crippen LogP contribution is 2.33. The van der Waals surface area contributed by atoms with Crippen LogP contribution in [0.1, 0.15) is 12.5 Å². The van der Waals surface area contributed by atoms with Crippen LogP contribution in [-0.4, -0.2) is 18.6 Å². The molecule has 1 heterocycles. The van der Waals surface area contributed by atoms with Crippen molar-refractivity contribution in [3.8, 4) is 5.75 Å². The predicted octanol–water partition coefficient (Wildman–Crippen LogP) is 3.65. The standard InChI is InChI=1S/C18H16FNO2/c1-13-12-20(16-4-2-3-5-17(16)22-13)18(21)11-8-14-6-9-15(19)10-7-14/h2-11,13H,12H2,1H3/b11-8+. The topological polar surface area (TPSA) is 29.5 Å². The number of para-hydroxylation sites is 2. The van der Waals surface area contributed by atoms with Gasteiger partial charge in [0.25, 0.3) is 5.91 Å². The van der Waals surface area contributed by atoms with Gasteiger partial charge in [0.05, 0.1) is 12.2 Å². The van der Waals surface area contributed by atoms with Gasteiger partial charge in [0.2, 0.25) is 0 Å². The van der Waals surface area contributed by atoms with Gasteiger partial charge in [-0.25, -0.2) is 4.39 Å². The SMILES string of the molecule is CC1CN(C(=O)/C=C/c2ccc(F)cc2)c2ccccc2O1. The van der Waals surface area contributed by atoms with Crippen LogP contribution in [0.4, 0.5) is 10.1 Å². The van der Waals surface area contributed by atoms with E-state index in [1.54, 1.807) is 23.1 Å². The van der Waals surface area contributed by atoms with Crippen molar-refractivity contribution in [2.24, 2.45) is 0 Å². The summed E-state index contributed by atoms with van der Waals surface area (Å²) in [6.45, 7) is 2.43. The number of carbonyl (C=O) groups excluding carboxylic acids is 1. The Hall–Kier alpha value is -2.62. The summed E-state index contributed by atoms with van der Waals surface area (Å²) in [6, 6.07) is 13.5. The molecule has 2 aromatic carbocycles. The van der Waals surface area contributed by atoms with Crippen molar-refractivity contribution in [2.45, 2.75) is 13.0 Å². The fourth-order valence-corrected chi connectivity index (χ4v) is 2.43. The number of carbonyl (C=O) groups is 1. The monoisotopic (exact) mass is 297 g/mol. The molecule has 0 bridgehead atoms. The molecule has 112 valence electrons. The maximum Gasteiger partial charge on any atom is 0.251 e. The van der Waals surface area contributed by atoms with E-state index >= 15 is 0 Å². The van der Waals surface area contributed by atoms with Gasteiger partial charge in [-0.1, -0.05) is 24.3 Å². The molecular weight excluding hydrogens is 281 g/mol. The van der Waals surface area contributed by atoms with Crippen molar-refractivity contribution in [1.29, 1.82) is 0 Å². The van der Waals surface area contributed by atoms with Gasteiger partial charge in [-0.2, -0.15) is 0 Å². The second-order valence-electron chi connectivity index (χ2n) is 5.23. The minimum atomic E-state index is -0.292. The number of hydrogen-bond acceptors (Lipinski definition) is 2. The lowest BCUT2D eigenvalue weighted by Gasteiger charge is -2.32. The molecule has 4 heteroatoms. The lowest BCUT2D eigenvalue weighted by atomic mass is 10.1. The normalized spacial score (nSPS) is 17.2. The first kappa shape index (κ1) is 14.3. The molecule has 0 saturated carbocycles. The third-order valence-corrected chi connectivity index (χ3v) is 3.48. The summed E-state index contributed by atoms with van der Waals surface area (Å²) in [5, 5.41) is 0. The number of nitrogens with zero attached hydrogens (tertiary/aromatic N) is 1. The molecule has 0 fully saturated rings. The second kappa shape index (κ2) is 6.02. The molecule has 2 aromatic rings. The van der Waals surface area contributed by atoms with Crippen molar-refractivity contribution in [3.05, 3.63) is 66.0 Å². The average molecular weight is 297 g/mol. The van der Waals surface area contributed by atoms with Crippen LogP contribution in [0.2, 0.25) is 0 Å². The van der Waals surface area contributed by atoms with Gasteiger partial charge in [0.1, 0.15) is 17.7 Å². The lowest BCUT2D eigenvalue weighted by molar-refractivity contribution is -0.114. The minimum Gasteiger partial charge on any atom is -0.487 e. The second-order valence-corrected chi connectivity index (χ2v) is 5.23. The Balaban J connectivity index is 1.81. The van der Waals surface area contributed by atoms with Crippen molar-refractivity contribution >= 4 is 17.7 Å². The molecule has 0 N–H and O–H groups in total. The number of benzene rings is 2. The van der Waals surface area contributed by atoms with Gasteiger partial charge in [-0.05, 0) is 42.8 Å². The molecule has 0 spiro atoms. The molecule has 1 amide bonds. The van der Waals surface area contributed by atoms with Crippen molar-refractivity contribution in [1.82, 2.24) is 0 Å². The fourth-order valence-electron chi connectivity index (χ4n) is 2.43. The van der Waals surface area contributed by atoms with E-state index in [1.807, 2.05) is 31.2 Å². The van der Waals surface area contributed by atoms with Crippen molar-refractivity contribution in [2.75, 3.05) is 11.4 Å². The molecule has 3 rings (SSSR count). The zero-order chi connectivity index (χ0) is 15.5. The van der Waals surface area contributed by atoms with E-state index in [0.717, 1.165) is 11.3 Å². The molecule has 0 aromatic heterocycles. The van der Waals surface area contributed by atoms with E-state index in [-0.39, 0.29) is 17.8 Å². The maximum absolute atomic E-state index is 12.9. The summed E-state index contributed by atoms with van der Waals surface area (Å²) < 4.78 is 18.6. The highest BCUT2D eigenvalue weighted by atomic mass is 19.1. The molecule has 3 nitrogen and oxygen atoms in total. The van der Waals surface area contributed by atoms with E-state index in [0.29, 0.717) is 12.3 Å². The van der Waals surface area contributed by atoms with E-state index in [1.165, 1.54) is 18.2 Å². The number of rotatable bonds is 2. The Morgan fingerprint density at radius 1 is 1.23 bits per heavy atom. The molecule has 0 saturated heterocycles. The van der Waals surface area contributed by atoms with Crippen LogP contribution in [-0.2, 0) is 4.79 Å². The summed E-state index contributed by atoms with van der Waals surface area (Å²) in [7, 11) is 0. The summed E-state index contributed by atoms with van der Waals surface area (Å²) in [5.41, 5.74) is 1.55. The van der Waals surface area contributed by atoms with E-state index < -0.39 is 0 Å². The number of ether oxygens (including phenoxy) is 1. The van der Waals surface area contributed by atoms with Crippen LogP contribution < -0.4 is 9.64 Å². The van der Waals surface area contributed by atoms with E-state index in [9.17, 15) is 9.18 Å². The third-order valence-electron chi connectivity index (χ3n) is 3.48. The molecule has 0 aliphatic carbocycles. The Morgan fingerprint density at radius 2 is 1.95 bits per heavy atom. The third kappa shape index (κ3) is 3.01. The molecule has 22 heavy (non-hydrogen) atoms. The number of anilines is 1. The van der Waals surface area contributed by atoms with Crippen molar-refractivity contribution in [3.63, 3.8) is 0 Å². The maximum atomic E-state index is 12.9. The first-order valence-corrected chi connectivity index (χ1v) is 7.14. The fraction of sp³-hybridized carbons (Fsp3) is 0.167. The summed E-state index contributed by atoms with van der Waals surface area (Å²) >= 11 is 0. The number of amides is 1. The first-order valence-electron chi connectivity index (χ1n) is 7.14. The lowest BCUT2D eigenvalue weighted by Crippen LogP contribution is -2.41. The van der Waals surface area contributed by atoms with Crippen LogP contribution in [0.5, 0.6) is 5.75 Å². The number of hydrogen-bond donors (Lipinski definition) is 0. The summed E-state index contributed by atoms with van der Waals surface area (Å²) in [5.74, 6) is 0.302. The van der Waals surface area contributed by atoms with Crippen LogP contribution in [0.3, 0.4) is 0 Å². The Morgan fingerprint density at radius 3 is 2.73 bits per heavy atom. The Kier molecular flexibility index (Phi) is 3.92. The predicted molar refractivity (Wildman–Crippen MR) is 84.3 cm³/mol. The van der Waals surface area contributed by atoms with Gasteiger partial charge in [0.15, 0.2) is 0 Å². The molecular formula is C18H16FNO2. The highest BCUT2D eigenvalue weighted by Gasteiger charge is 2.25. The zero-order valence-corrected chi connectivity index (χ0v) is 12.2. The zero-order valence-electron chi connectivity index (χ0n) is 12.2. The van der Waals surface area contributed by atoms with Crippen LogP contribution in [0, 0.1) is 5.82 Å². The Labute approximate surface area is 128 Å². The molecule has 1 aliphatic rings. The van der Waals surface area contributed by atoms with Gasteiger partial charge in [0, 0.05) is 6.08 Å². The molecule has 1 unspecified atom stereocenters. The van der Waals surface area contributed by atoms with Gasteiger partial charge >= 0.3 is 0 Å². The van der Waals surface area contributed by atoms with Gasteiger partial charge in [-0.15, -0.1) is 0 Å². The number of fused-ring (bicyclic) bond motifs is 1. The molecule has 1 atom stereocenters. The van der Waals surface area contributed by atoms with Gasteiger partial charge < -0.3 is 9.64 Å². The smallest absolute Gasteiger partial charge is 0.251 e. The largest absolute Gasteiger partial charge is 0.487 e. The van der Waals surface area contributed by atoms with Gasteiger partial charge in [-0.3, -0.25) is 4.79 Å². The first-order chi connectivity index (χ1) is 10.6. The Bertz CT molecular complexity index is 709. The number of halogens is 1. The van der Waals surface area contributed by atoms with Crippen LogP contribution in [0.15, 0.2) is 54.6 Å². The van der Waals surface area contributed by atoms with Crippen LogP contribution >= 0.6 is 0 Å². The summed E-state index contributed by atoms with van der Waals surface area (Å²) in [4.78, 5) is 14.2. The average Bonchev–Trinajstić information content (AvgIpc) is 2.53. The summed E-state index contributed by atoms with van der Waals surface area (Å²) in [6.07, 6.45) is 3.13. The van der Waals surface area contributed by atoms with E-state index in [4.69, 9.17) is 4.74 Å². The molecule has 1 aliphatic heterocycles. The highest BCUT2D eigenvalue weighted by molar-refractivity contribution is 6.05. The van der Waals surface area contributed by atoms with Crippen molar-refractivity contribution < 1.29 is 13.9 Å². The molecule has 0 radical (unpaired) electrons. The van der Waals surface area contributed by atoms with E-state index in [2.05, 4.69) is 0 Å². The van der Waals surface area contributed by atoms with Crippen LogP contribution in [0.25, 0.3) is 6.08 Å². The minimum absolute atomic E-state index is 0.0573. The quantitative estimate of drug-likeness (QED) is 0.792.